The third-order valence-corrected chi connectivity index (χ3v) is 3.41. The van der Waals surface area contributed by atoms with E-state index in [4.69, 9.17) is 15.4 Å². The Morgan fingerprint density at radius 2 is 2.11 bits per heavy atom. The number of amides is 1. The zero-order chi connectivity index (χ0) is 14.1. The molecule has 0 fully saturated rings. The molecule has 0 radical (unpaired) electrons. The van der Waals surface area contributed by atoms with Gasteiger partial charge in [-0.25, -0.2) is 0 Å². The van der Waals surface area contributed by atoms with Gasteiger partial charge in [-0.2, -0.15) is 0 Å². The van der Waals surface area contributed by atoms with E-state index in [1.807, 2.05) is 6.92 Å². The standard InChI is InChI=1S/C11H23N2O4P/c1-7(5-14)4-9(12)11(16)13-10(8(2)15)6-18-17-3/h7,9-10,14,18H,4-6,12H2,1-3H3,(H,13,16)/t7?,9-,10?/m0/s1. The number of nitrogens with two attached hydrogens (primary N) is 1. The molecule has 3 unspecified atom stereocenters. The van der Waals surface area contributed by atoms with Gasteiger partial charge in [0.25, 0.3) is 0 Å². The molecule has 0 aromatic heterocycles. The van der Waals surface area contributed by atoms with Crippen molar-refractivity contribution < 1.29 is 19.2 Å². The Morgan fingerprint density at radius 3 is 2.56 bits per heavy atom. The summed E-state index contributed by atoms with van der Waals surface area (Å²) in [5.74, 6) is -0.519. The monoisotopic (exact) mass is 278 g/mol. The van der Waals surface area contributed by atoms with Crippen LogP contribution >= 0.6 is 8.81 Å². The third-order valence-electron chi connectivity index (χ3n) is 2.54. The van der Waals surface area contributed by atoms with E-state index in [2.05, 4.69) is 5.32 Å². The molecule has 0 saturated heterocycles. The summed E-state index contributed by atoms with van der Waals surface area (Å²) in [5.41, 5.74) is 5.71. The molecule has 1 amide bonds. The Kier molecular flexibility index (Phi) is 9.10. The maximum Gasteiger partial charge on any atom is 0.237 e. The van der Waals surface area contributed by atoms with E-state index < -0.39 is 12.1 Å². The molecule has 18 heavy (non-hydrogen) atoms. The predicted octanol–water partition coefficient (Wildman–Crippen LogP) is -0.354. The number of aliphatic hydroxyl groups is 1. The lowest BCUT2D eigenvalue weighted by Gasteiger charge is -2.20. The zero-order valence-electron chi connectivity index (χ0n) is 11.1. The average molecular weight is 278 g/mol. The van der Waals surface area contributed by atoms with Gasteiger partial charge in [-0.05, 0) is 19.3 Å². The molecule has 0 aliphatic heterocycles. The van der Waals surface area contributed by atoms with Gasteiger partial charge in [0.2, 0.25) is 5.91 Å². The number of rotatable bonds is 9. The second kappa shape index (κ2) is 9.39. The summed E-state index contributed by atoms with van der Waals surface area (Å²) < 4.78 is 4.91. The first-order valence-electron chi connectivity index (χ1n) is 5.85. The van der Waals surface area contributed by atoms with Gasteiger partial charge in [0.05, 0.1) is 12.1 Å². The van der Waals surface area contributed by atoms with Crippen LogP contribution in [0.5, 0.6) is 0 Å². The molecule has 0 spiro atoms. The predicted molar refractivity (Wildman–Crippen MR) is 71.6 cm³/mol. The molecule has 0 rings (SSSR count). The van der Waals surface area contributed by atoms with Crippen molar-refractivity contribution in [3.63, 3.8) is 0 Å². The maximum absolute atomic E-state index is 11.8. The Balaban J connectivity index is 4.27. The summed E-state index contributed by atoms with van der Waals surface area (Å²) in [5, 5.41) is 11.5. The number of hydrogen-bond acceptors (Lipinski definition) is 5. The van der Waals surface area contributed by atoms with E-state index in [0.29, 0.717) is 12.6 Å². The molecular formula is C11H23N2O4P. The Morgan fingerprint density at radius 1 is 1.50 bits per heavy atom. The molecule has 0 aliphatic rings. The first-order valence-corrected chi connectivity index (χ1v) is 6.97. The normalized spacial score (nSPS) is 16.5. The van der Waals surface area contributed by atoms with Gasteiger partial charge in [-0.15, -0.1) is 0 Å². The Bertz CT molecular complexity index is 276. The fourth-order valence-corrected chi connectivity index (χ4v) is 2.08. The van der Waals surface area contributed by atoms with Crippen molar-refractivity contribution in [3.05, 3.63) is 0 Å². The number of nitrogens with one attached hydrogen (secondary N) is 1. The van der Waals surface area contributed by atoms with Crippen molar-refractivity contribution in [2.75, 3.05) is 19.9 Å². The highest BCUT2D eigenvalue weighted by atomic mass is 31.1. The minimum atomic E-state index is -0.708. The van der Waals surface area contributed by atoms with Gasteiger partial charge < -0.3 is 20.7 Å². The number of carbonyl (C=O) groups excluding carboxylic acids is 2. The van der Waals surface area contributed by atoms with Crippen molar-refractivity contribution in [2.24, 2.45) is 11.7 Å². The number of Topliss-reactive ketones (excluding diaryl/α,β-unsaturated/α-hetero) is 1. The molecule has 4 atom stereocenters. The number of ketones is 1. The average Bonchev–Trinajstić information content (AvgIpc) is 2.33. The van der Waals surface area contributed by atoms with Crippen molar-refractivity contribution in [1.29, 1.82) is 0 Å². The third kappa shape index (κ3) is 7.01. The molecule has 6 nitrogen and oxygen atoms in total. The van der Waals surface area contributed by atoms with Crippen LogP contribution in [0.15, 0.2) is 0 Å². The highest BCUT2D eigenvalue weighted by Crippen LogP contribution is 2.12. The van der Waals surface area contributed by atoms with Crippen LogP contribution in [0.4, 0.5) is 0 Å². The molecule has 0 saturated carbocycles. The summed E-state index contributed by atoms with van der Waals surface area (Å²) >= 11 is 0. The summed E-state index contributed by atoms with van der Waals surface area (Å²) in [6, 6.07) is -1.26. The number of aliphatic hydroxyl groups excluding tert-OH is 1. The molecule has 7 heteroatoms. The largest absolute Gasteiger partial charge is 0.396 e. The quantitative estimate of drug-likeness (QED) is 0.500. The fourth-order valence-electron chi connectivity index (χ4n) is 1.36. The van der Waals surface area contributed by atoms with Gasteiger partial charge in [0, 0.05) is 28.7 Å². The molecule has 0 bridgehead atoms. The van der Waals surface area contributed by atoms with Gasteiger partial charge in [0.1, 0.15) is 0 Å². The van der Waals surface area contributed by atoms with Gasteiger partial charge in [0.15, 0.2) is 5.78 Å². The van der Waals surface area contributed by atoms with Crippen LogP contribution in [-0.4, -0.2) is 48.8 Å². The fraction of sp³-hybridized carbons (Fsp3) is 0.818. The summed E-state index contributed by atoms with van der Waals surface area (Å²) in [4.78, 5) is 23.1. The molecule has 0 aromatic rings. The SMILES string of the molecule is COPCC(NC(=O)[C@@H](N)CC(C)CO)C(C)=O. The smallest absolute Gasteiger partial charge is 0.237 e. The van der Waals surface area contributed by atoms with E-state index in [1.165, 1.54) is 6.92 Å². The van der Waals surface area contributed by atoms with Crippen LogP contribution in [0, 0.1) is 5.92 Å². The topological polar surface area (TPSA) is 102 Å². The van der Waals surface area contributed by atoms with Crippen LogP contribution in [0.1, 0.15) is 20.3 Å². The van der Waals surface area contributed by atoms with Crippen molar-refractivity contribution in [3.8, 4) is 0 Å². The summed E-state index contributed by atoms with van der Waals surface area (Å²) in [7, 11) is 1.71. The zero-order valence-corrected chi connectivity index (χ0v) is 12.1. The minimum absolute atomic E-state index is 0.0117. The van der Waals surface area contributed by atoms with E-state index >= 15 is 0 Å². The molecule has 0 heterocycles. The van der Waals surface area contributed by atoms with Crippen molar-refractivity contribution in [2.45, 2.75) is 32.4 Å². The van der Waals surface area contributed by atoms with E-state index in [0.717, 1.165) is 0 Å². The van der Waals surface area contributed by atoms with E-state index in [1.54, 1.807) is 7.11 Å². The lowest BCUT2D eigenvalue weighted by Crippen LogP contribution is -2.49. The van der Waals surface area contributed by atoms with Crippen LogP contribution in [-0.2, 0) is 14.1 Å². The van der Waals surface area contributed by atoms with Crippen molar-refractivity contribution >= 4 is 20.5 Å². The van der Waals surface area contributed by atoms with Crippen LogP contribution < -0.4 is 11.1 Å². The second-order valence-electron chi connectivity index (χ2n) is 4.35. The van der Waals surface area contributed by atoms with Crippen molar-refractivity contribution in [1.82, 2.24) is 5.32 Å². The lowest BCUT2D eigenvalue weighted by molar-refractivity contribution is -0.127. The van der Waals surface area contributed by atoms with E-state index in [-0.39, 0.29) is 33.0 Å². The molecule has 4 N–H and O–H groups in total. The number of carbonyl (C=O) groups is 2. The summed E-state index contributed by atoms with van der Waals surface area (Å²) in [6.45, 7) is 3.22. The van der Waals surface area contributed by atoms with E-state index in [9.17, 15) is 9.59 Å². The molecular weight excluding hydrogens is 255 g/mol. The van der Waals surface area contributed by atoms with Crippen LogP contribution in [0.3, 0.4) is 0 Å². The first kappa shape index (κ1) is 17.4. The molecule has 106 valence electrons. The highest BCUT2D eigenvalue weighted by molar-refractivity contribution is 7.32. The van der Waals surface area contributed by atoms with Crippen LogP contribution in [0.2, 0.25) is 0 Å². The first-order chi connectivity index (χ1) is 8.42. The summed E-state index contributed by atoms with van der Waals surface area (Å²) in [6.07, 6.45) is 0.847. The lowest BCUT2D eigenvalue weighted by atomic mass is 10.0. The molecule has 0 aliphatic carbocycles. The Hall–Kier alpha value is -0.550. The maximum atomic E-state index is 11.8. The van der Waals surface area contributed by atoms with Gasteiger partial charge in [-0.1, -0.05) is 6.92 Å². The minimum Gasteiger partial charge on any atom is -0.396 e. The second-order valence-corrected chi connectivity index (χ2v) is 5.46. The highest BCUT2D eigenvalue weighted by Gasteiger charge is 2.22. The van der Waals surface area contributed by atoms with Gasteiger partial charge >= 0.3 is 0 Å². The molecule has 0 aromatic carbocycles. The Labute approximate surface area is 110 Å². The van der Waals surface area contributed by atoms with Gasteiger partial charge in [-0.3, -0.25) is 9.59 Å². The van der Waals surface area contributed by atoms with Crippen LogP contribution in [0.25, 0.3) is 0 Å². The number of hydrogen-bond donors (Lipinski definition) is 3.